The van der Waals surface area contributed by atoms with Gasteiger partial charge in [-0.3, -0.25) is 9.48 Å². The molecule has 4 rings (SSSR count). The fraction of sp³-hybridized carbons (Fsp3) is 0.478. The van der Waals surface area contributed by atoms with Gasteiger partial charge in [0.15, 0.2) is 6.29 Å². The van der Waals surface area contributed by atoms with Gasteiger partial charge in [-0.15, -0.1) is 0 Å². The molecule has 8 nitrogen and oxygen atoms in total. The number of methoxy groups -OCH3 is 1. The SMILES string of the molecule is COC(O)c1c(CCCOC(C)=O)c2ccc(Cl)c(-c3c(CO)nn4c3CCC4)c2n1C. The zero-order valence-corrected chi connectivity index (χ0v) is 19.3. The molecule has 1 aliphatic heterocycles. The van der Waals surface area contributed by atoms with Crippen LogP contribution in [0.5, 0.6) is 0 Å². The lowest BCUT2D eigenvalue weighted by Crippen LogP contribution is -2.09. The number of hydrogen-bond acceptors (Lipinski definition) is 6. The lowest BCUT2D eigenvalue weighted by atomic mass is 9.97. The van der Waals surface area contributed by atoms with Crippen molar-refractivity contribution in [3.8, 4) is 11.1 Å². The largest absolute Gasteiger partial charge is 0.466 e. The van der Waals surface area contributed by atoms with E-state index in [4.69, 9.17) is 21.1 Å². The van der Waals surface area contributed by atoms with Crippen molar-refractivity contribution in [2.45, 2.75) is 52.0 Å². The number of aliphatic hydroxyl groups excluding tert-OH is 2. The van der Waals surface area contributed by atoms with Crippen molar-refractivity contribution in [3.05, 3.63) is 39.8 Å². The Kier molecular flexibility index (Phi) is 6.57. The first-order valence-corrected chi connectivity index (χ1v) is 11.1. The molecule has 1 aliphatic rings. The third kappa shape index (κ3) is 3.81. The second kappa shape index (κ2) is 9.23. The molecular weight excluding hydrogens is 434 g/mol. The van der Waals surface area contributed by atoms with E-state index in [0.717, 1.165) is 52.7 Å². The van der Waals surface area contributed by atoms with E-state index in [1.807, 2.05) is 28.4 Å². The van der Waals surface area contributed by atoms with Gasteiger partial charge in [0, 0.05) is 49.8 Å². The molecule has 0 radical (unpaired) electrons. The summed E-state index contributed by atoms with van der Waals surface area (Å²) in [6.07, 6.45) is 1.92. The number of carbonyl (C=O) groups is 1. The van der Waals surface area contributed by atoms with Crippen molar-refractivity contribution in [1.29, 1.82) is 0 Å². The molecule has 0 spiro atoms. The maximum absolute atomic E-state index is 11.1. The fourth-order valence-corrected chi connectivity index (χ4v) is 5.04. The van der Waals surface area contributed by atoms with Crippen LogP contribution in [0.15, 0.2) is 12.1 Å². The average Bonchev–Trinajstić information content (AvgIpc) is 3.43. The molecule has 0 fully saturated rings. The van der Waals surface area contributed by atoms with Gasteiger partial charge in [0.2, 0.25) is 0 Å². The van der Waals surface area contributed by atoms with Gasteiger partial charge in [-0.05, 0) is 37.3 Å². The summed E-state index contributed by atoms with van der Waals surface area (Å²) in [7, 11) is 3.32. The molecule has 1 unspecified atom stereocenters. The van der Waals surface area contributed by atoms with Crippen LogP contribution in [0.25, 0.3) is 22.0 Å². The first-order chi connectivity index (χ1) is 15.4. The third-order valence-corrected chi connectivity index (χ3v) is 6.42. The Balaban J connectivity index is 1.93. The van der Waals surface area contributed by atoms with Crippen molar-refractivity contribution >= 4 is 28.5 Å². The van der Waals surface area contributed by atoms with Crippen LogP contribution < -0.4 is 0 Å². The molecule has 2 aromatic heterocycles. The molecule has 1 atom stereocenters. The summed E-state index contributed by atoms with van der Waals surface area (Å²) >= 11 is 6.75. The molecule has 32 heavy (non-hydrogen) atoms. The van der Waals surface area contributed by atoms with Gasteiger partial charge >= 0.3 is 5.97 Å². The number of benzene rings is 1. The molecule has 172 valence electrons. The Morgan fingerprint density at radius 3 is 2.81 bits per heavy atom. The van der Waals surface area contributed by atoms with E-state index in [9.17, 15) is 15.0 Å². The number of aromatic nitrogens is 3. The van der Waals surface area contributed by atoms with Crippen LogP contribution in [0.4, 0.5) is 0 Å². The smallest absolute Gasteiger partial charge is 0.302 e. The maximum Gasteiger partial charge on any atom is 0.302 e. The monoisotopic (exact) mass is 461 g/mol. The Morgan fingerprint density at radius 1 is 1.34 bits per heavy atom. The summed E-state index contributed by atoms with van der Waals surface area (Å²) in [4.78, 5) is 11.1. The summed E-state index contributed by atoms with van der Waals surface area (Å²) in [6.45, 7) is 2.31. The molecule has 0 amide bonds. The third-order valence-electron chi connectivity index (χ3n) is 6.11. The topological polar surface area (TPSA) is 98.7 Å². The predicted molar refractivity (Wildman–Crippen MR) is 120 cm³/mol. The Hall–Kier alpha value is -2.39. The van der Waals surface area contributed by atoms with Crippen LogP contribution in [-0.2, 0) is 47.3 Å². The number of aryl methyl sites for hydroxylation is 3. The molecule has 0 saturated heterocycles. The van der Waals surface area contributed by atoms with Crippen LogP contribution in [0.1, 0.15) is 48.7 Å². The second-order valence-corrected chi connectivity index (χ2v) is 8.43. The molecular formula is C23H28ClN3O5. The van der Waals surface area contributed by atoms with Gasteiger partial charge < -0.3 is 24.3 Å². The van der Waals surface area contributed by atoms with Crippen molar-refractivity contribution in [2.24, 2.45) is 7.05 Å². The van der Waals surface area contributed by atoms with Gasteiger partial charge in [-0.2, -0.15) is 5.10 Å². The molecule has 1 aromatic carbocycles. The van der Waals surface area contributed by atoms with Crippen molar-refractivity contribution in [3.63, 3.8) is 0 Å². The molecule has 3 aromatic rings. The van der Waals surface area contributed by atoms with E-state index in [1.54, 1.807) is 0 Å². The number of fused-ring (bicyclic) bond motifs is 2. The quantitative estimate of drug-likeness (QED) is 0.303. The van der Waals surface area contributed by atoms with Crippen LogP contribution >= 0.6 is 11.6 Å². The van der Waals surface area contributed by atoms with E-state index in [-0.39, 0.29) is 12.6 Å². The van der Waals surface area contributed by atoms with Crippen LogP contribution in [0.3, 0.4) is 0 Å². The van der Waals surface area contributed by atoms with Gasteiger partial charge in [-0.1, -0.05) is 17.7 Å². The second-order valence-electron chi connectivity index (χ2n) is 8.03. The van der Waals surface area contributed by atoms with Crippen molar-refractivity contribution < 1.29 is 24.5 Å². The van der Waals surface area contributed by atoms with Gasteiger partial charge in [-0.25, -0.2) is 0 Å². The number of nitrogens with zero attached hydrogens (tertiary/aromatic N) is 3. The molecule has 3 heterocycles. The van der Waals surface area contributed by atoms with Gasteiger partial charge in [0.05, 0.1) is 35.1 Å². The molecule has 0 saturated carbocycles. The Morgan fingerprint density at radius 2 is 2.12 bits per heavy atom. The minimum Gasteiger partial charge on any atom is -0.466 e. The van der Waals surface area contributed by atoms with Crippen LogP contribution in [0.2, 0.25) is 5.02 Å². The number of hydrogen-bond donors (Lipinski definition) is 2. The highest BCUT2D eigenvalue weighted by atomic mass is 35.5. The first-order valence-electron chi connectivity index (χ1n) is 10.7. The Labute approximate surface area is 191 Å². The maximum atomic E-state index is 11.1. The zero-order chi connectivity index (χ0) is 23.0. The number of ether oxygens (including phenoxy) is 2. The number of aliphatic hydroxyl groups is 2. The summed E-state index contributed by atoms with van der Waals surface area (Å²) < 4.78 is 14.2. The highest BCUT2D eigenvalue weighted by molar-refractivity contribution is 6.35. The van der Waals surface area contributed by atoms with E-state index >= 15 is 0 Å². The van der Waals surface area contributed by atoms with Crippen LogP contribution in [0, 0.1) is 0 Å². The average molecular weight is 462 g/mol. The van der Waals surface area contributed by atoms with Crippen molar-refractivity contribution in [2.75, 3.05) is 13.7 Å². The standard InChI is InChI=1S/C23H28ClN3O5/c1-13(29)32-11-5-6-14-15-8-9-16(24)19(21(15)26(2)22(14)23(30)31-3)20-17(12-28)25-27-10-4-7-18(20)27/h8-9,23,28,30H,4-7,10-12H2,1-3H3. The van der Waals surface area contributed by atoms with E-state index < -0.39 is 6.29 Å². The van der Waals surface area contributed by atoms with Crippen LogP contribution in [-0.4, -0.2) is 44.2 Å². The molecule has 0 aliphatic carbocycles. The molecule has 0 bridgehead atoms. The summed E-state index contributed by atoms with van der Waals surface area (Å²) in [5.74, 6) is -0.319. The first kappa shape index (κ1) is 22.8. The predicted octanol–water partition coefficient (Wildman–Crippen LogP) is 3.27. The highest BCUT2D eigenvalue weighted by Crippen LogP contribution is 2.44. The highest BCUT2D eigenvalue weighted by Gasteiger charge is 2.29. The Bertz CT molecular complexity index is 1170. The molecule has 9 heteroatoms. The molecule has 2 N–H and O–H groups in total. The minimum absolute atomic E-state index is 0.185. The summed E-state index contributed by atoms with van der Waals surface area (Å²) in [5, 5.41) is 26.8. The van der Waals surface area contributed by atoms with E-state index in [0.29, 0.717) is 35.9 Å². The zero-order valence-electron chi connectivity index (χ0n) is 18.5. The van der Waals surface area contributed by atoms with E-state index in [1.165, 1.54) is 14.0 Å². The van der Waals surface area contributed by atoms with Gasteiger partial charge in [0.25, 0.3) is 0 Å². The van der Waals surface area contributed by atoms with E-state index in [2.05, 4.69) is 5.10 Å². The van der Waals surface area contributed by atoms with Gasteiger partial charge in [0.1, 0.15) is 0 Å². The number of carbonyl (C=O) groups excluding carboxylic acids is 1. The lowest BCUT2D eigenvalue weighted by Gasteiger charge is -2.14. The summed E-state index contributed by atoms with van der Waals surface area (Å²) in [5.41, 5.74) is 5.72. The number of esters is 1. The summed E-state index contributed by atoms with van der Waals surface area (Å²) in [6, 6.07) is 3.79. The fourth-order valence-electron chi connectivity index (χ4n) is 4.80. The normalized spacial score (nSPS) is 14.2. The van der Waals surface area contributed by atoms with Crippen molar-refractivity contribution in [1.82, 2.24) is 14.3 Å². The lowest BCUT2D eigenvalue weighted by molar-refractivity contribution is -0.141. The minimum atomic E-state index is -1.13. The number of rotatable bonds is 8. The number of halogens is 1.